The summed E-state index contributed by atoms with van der Waals surface area (Å²) in [6.07, 6.45) is 2.47. The lowest BCUT2D eigenvalue weighted by Crippen LogP contribution is -2.32. The van der Waals surface area contributed by atoms with Crippen molar-refractivity contribution in [2.45, 2.75) is 18.4 Å². The Bertz CT molecular complexity index is 1180. The minimum atomic E-state index is -0.998. The Morgan fingerprint density at radius 2 is 1.52 bits per heavy atom. The second kappa shape index (κ2) is 8.14. The maximum absolute atomic E-state index is 13.1. The SMILES string of the molecule is CN(C)c1ccc(C2(c3ccc(N4CCCC4)cc3)OC(=O)c3ccccc32)c(N(C)C)c1. The Labute approximate surface area is 196 Å². The molecule has 0 spiro atoms. The maximum atomic E-state index is 13.1. The molecule has 3 aromatic rings. The van der Waals surface area contributed by atoms with Gasteiger partial charge in [-0.2, -0.15) is 0 Å². The molecule has 0 saturated carbocycles. The van der Waals surface area contributed by atoms with Crippen LogP contribution in [0.4, 0.5) is 17.1 Å². The molecule has 5 rings (SSSR count). The molecule has 3 aromatic carbocycles. The van der Waals surface area contributed by atoms with Gasteiger partial charge in [-0.1, -0.05) is 36.4 Å². The number of anilines is 3. The standard InChI is InChI=1S/C28H31N3O2/c1-29(2)22-15-16-25(26(19-22)30(3)4)28(24-10-6-5-9-23(24)27(32)33-28)20-11-13-21(14-12-20)31-17-7-8-18-31/h5-6,9-16,19H,7-8,17-18H2,1-4H3. The van der Waals surface area contributed by atoms with Gasteiger partial charge in [0.05, 0.1) is 5.56 Å². The van der Waals surface area contributed by atoms with Gasteiger partial charge < -0.3 is 19.4 Å². The molecule has 33 heavy (non-hydrogen) atoms. The second-order valence-corrected chi connectivity index (χ2v) is 9.35. The van der Waals surface area contributed by atoms with Crippen LogP contribution in [0.5, 0.6) is 0 Å². The van der Waals surface area contributed by atoms with Crippen molar-refractivity contribution in [1.29, 1.82) is 0 Å². The van der Waals surface area contributed by atoms with Gasteiger partial charge in [-0.3, -0.25) is 0 Å². The fraction of sp³-hybridized carbons (Fsp3) is 0.321. The van der Waals surface area contributed by atoms with Crippen LogP contribution >= 0.6 is 0 Å². The average molecular weight is 442 g/mol. The van der Waals surface area contributed by atoms with Crippen LogP contribution in [0.3, 0.4) is 0 Å². The van der Waals surface area contributed by atoms with Crippen molar-refractivity contribution in [3.05, 3.63) is 89.0 Å². The lowest BCUT2D eigenvalue weighted by Gasteiger charge is -2.34. The molecule has 0 amide bonds. The fourth-order valence-corrected chi connectivity index (χ4v) is 5.14. The number of esters is 1. The van der Waals surface area contributed by atoms with E-state index in [0.29, 0.717) is 5.56 Å². The van der Waals surface area contributed by atoms with E-state index in [4.69, 9.17) is 4.74 Å². The van der Waals surface area contributed by atoms with Crippen LogP contribution in [0.1, 0.15) is 39.9 Å². The van der Waals surface area contributed by atoms with Gasteiger partial charge in [-0.15, -0.1) is 0 Å². The summed E-state index contributed by atoms with van der Waals surface area (Å²) < 4.78 is 6.36. The van der Waals surface area contributed by atoms with E-state index in [1.54, 1.807) is 0 Å². The largest absolute Gasteiger partial charge is 0.440 e. The Morgan fingerprint density at radius 1 is 0.818 bits per heavy atom. The van der Waals surface area contributed by atoms with Gasteiger partial charge in [-0.05, 0) is 43.2 Å². The molecule has 1 unspecified atom stereocenters. The summed E-state index contributed by atoms with van der Waals surface area (Å²) in [5.41, 5.74) is 5.79. The Morgan fingerprint density at radius 3 is 2.18 bits per heavy atom. The van der Waals surface area contributed by atoms with Crippen molar-refractivity contribution in [2.75, 3.05) is 56.0 Å². The van der Waals surface area contributed by atoms with Gasteiger partial charge in [-0.25, -0.2) is 4.79 Å². The predicted molar refractivity (Wildman–Crippen MR) is 135 cm³/mol. The van der Waals surface area contributed by atoms with E-state index in [0.717, 1.165) is 41.2 Å². The lowest BCUT2D eigenvalue weighted by molar-refractivity contribution is 0.0253. The van der Waals surface area contributed by atoms with Crippen molar-refractivity contribution in [3.8, 4) is 0 Å². The van der Waals surface area contributed by atoms with Crippen LogP contribution in [0.2, 0.25) is 0 Å². The first kappa shape index (κ1) is 21.4. The van der Waals surface area contributed by atoms with E-state index in [2.05, 4.69) is 57.2 Å². The van der Waals surface area contributed by atoms with Gasteiger partial charge in [0, 0.05) is 75.0 Å². The first-order valence-electron chi connectivity index (χ1n) is 11.6. The van der Waals surface area contributed by atoms with Crippen LogP contribution in [0, 0.1) is 0 Å². The Kier molecular flexibility index (Phi) is 5.28. The number of benzene rings is 3. The zero-order valence-corrected chi connectivity index (χ0v) is 19.8. The summed E-state index contributed by atoms with van der Waals surface area (Å²) in [6.45, 7) is 2.19. The number of cyclic esters (lactones) is 1. The van der Waals surface area contributed by atoms with E-state index >= 15 is 0 Å². The zero-order chi connectivity index (χ0) is 23.2. The summed E-state index contributed by atoms with van der Waals surface area (Å²) in [5, 5.41) is 0. The van der Waals surface area contributed by atoms with Crippen molar-refractivity contribution in [3.63, 3.8) is 0 Å². The molecular formula is C28H31N3O2. The summed E-state index contributed by atoms with van der Waals surface area (Å²) in [7, 11) is 8.13. The van der Waals surface area contributed by atoms with Gasteiger partial charge >= 0.3 is 5.97 Å². The van der Waals surface area contributed by atoms with E-state index in [-0.39, 0.29) is 5.97 Å². The molecule has 1 saturated heterocycles. The van der Waals surface area contributed by atoms with Crippen molar-refractivity contribution in [2.24, 2.45) is 0 Å². The number of hydrogen-bond donors (Lipinski definition) is 0. The smallest absolute Gasteiger partial charge is 0.340 e. The molecule has 1 fully saturated rings. The molecular weight excluding hydrogens is 410 g/mol. The van der Waals surface area contributed by atoms with Crippen LogP contribution in [-0.4, -0.2) is 47.2 Å². The van der Waals surface area contributed by atoms with Gasteiger partial charge in [0.15, 0.2) is 5.60 Å². The number of carbonyl (C=O) groups excluding carboxylic acids is 1. The summed E-state index contributed by atoms with van der Waals surface area (Å²) >= 11 is 0. The Hall–Kier alpha value is -3.47. The van der Waals surface area contributed by atoms with Gasteiger partial charge in [0.25, 0.3) is 0 Å². The maximum Gasteiger partial charge on any atom is 0.340 e. The highest BCUT2D eigenvalue weighted by Crippen LogP contribution is 2.50. The quantitative estimate of drug-likeness (QED) is 0.528. The third kappa shape index (κ3) is 3.43. The molecule has 0 bridgehead atoms. The molecule has 0 aromatic heterocycles. The number of hydrogen-bond acceptors (Lipinski definition) is 5. The molecule has 0 radical (unpaired) electrons. The first-order chi connectivity index (χ1) is 15.9. The van der Waals surface area contributed by atoms with Gasteiger partial charge in [0.2, 0.25) is 0 Å². The van der Waals surface area contributed by atoms with E-state index < -0.39 is 5.60 Å². The number of carbonyl (C=O) groups is 1. The third-order valence-electron chi connectivity index (χ3n) is 6.88. The highest BCUT2D eigenvalue weighted by atomic mass is 16.6. The van der Waals surface area contributed by atoms with Crippen LogP contribution in [0.15, 0.2) is 66.7 Å². The van der Waals surface area contributed by atoms with Crippen molar-refractivity contribution >= 4 is 23.0 Å². The zero-order valence-electron chi connectivity index (χ0n) is 19.8. The average Bonchev–Trinajstić information content (AvgIpc) is 3.46. The molecule has 170 valence electrons. The van der Waals surface area contributed by atoms with Gasteiger partial charge in [0.1, 0.15) is 0 Å². The lowest BCUT2D eigenvalue weighted by atomic mass is 9.78. The van der Waals surface area contributed by atoms with E-state index in [1.165, 1.54) is 18.5 Å². The summed E-state index contributed by atoms with van der Waals surface area (Å²) in [5.74, 6) is -0.282. The van der Waals surface area contributed by atoms with Crippen LogP contribution in [0.25, 0.3) is 0 Å². The number of nitrogens with zero attached hydrogens (tertiary/aromatic N) is 3. The number of ether oxygens (including phenoxy) is 1. The molecule has 2 aliphatic rings. The van der Waals surface area contributed by atoms with Crippen molar-refractivity contribution < 1.29 is 9.53 Å². The predicted octanol–water partition coefficient (Wildman–Crippen LogP) is 4.88. The number of fused-ring (bicyclic) bond motifs is 1. The van der Waals surface area contributed by atoms with Crippen molar-refractivity contribution in [1.82, 2.24) is 0 Å². The minimum absolute atomic E-state index is 0.282. The van der Waals surface area contributed by atoms with Crippen LogP contribution in [-0.2, 0) is 10.3 Å². The molecule has 2 aliphatic heterocycles. The molecule has 0 aliphatic carbocycles. The highest BCUT2D eigenvalue weighted by molar-refractivity contribution is 5.97. The molecule has 2 heterocycles. The third-order valence-corrected chi connectivity index (χ3v) is 6.88. The molecule has 1 atom stereocenters. The van der Waals surface area contributed by atoms with Crippen LogP contribution < -0.4 is 14.7 Å². The highest BCUT2D eigenvalue weighted by Gasteiger charge is 2.49. The fourth-order valence-electron chi connectivity index (χ4n) is 5.14. The monoisotopic (exact) mass is 441 g/mol. The van der Waals surface area contributed by atoms with E-state index in [1.807, 2.05) is 52.5 Å². The normalized spacial score (nSPS) is 19.4. The second-order valence-electron chi connectivity index (χ2n) is 9.35. The minimum Gasteiger partial charge on any atom is -0.440 e. The molecule has 0 N–H and O–H groups in total. The first-order valence-corrected chi connectivity index (χ1v) is 11.6. The number of rotatable bonds is 5. The van der Waals surface area contributed by atoms with E-state index in [9.17, 15) is 4.79 Å². The topological polar surface area (TPSA) is 36.0 Å². The summed E-state index contributed by atoms with van der Waals surface area (Å²) in [4.78, 5) is 19.7. The molecule has 5 heteroatoms. The summed E-state index contributed by atoms with van der Waals surface area (Å²) in [6, 6.07) is 22.7. The Balaban J connectivity index is 1.73. The molecule has 5 nitrogen and oxygen atoms in total.